The minimum Gasteiger partial charge on any atom is -0.319 e. The second-order valence-corrected chi connectivity index (χ2v) is 6.21. The number of nitrogens with zero attached hydrogens (tertiary/aromatic N) is 4. The molecule has 1 atom stereocenters. The molecule has 9 heteroatoms. The van der Waals surface area contributed by atoms with Gasteiger partial charge in [-0.25, -0.2) is 9.97 Å². The molecule has 0 radical (unpaired) electrons. The molecular weight excluding hydrogens is 339 g/mol. The highest BCUT2D eigenvalue weighted by molar-refractivity contribution is 6.32. The molecule has 1 unspecified atom stereocenters. The third kappa shape index (κ3) is 3.31. The summed E-state index contributed by atoms with van der Waals surface area (Å²) >= 11 is 12.0. The van der Waals surface area contributed by atoms with E-state index in [2.05, 4.69) is 25.3 Å². The fraction of sp³-hybridized carbons (Fsp3) is 0.429. The summed E-state index contributed by atoms with van der Waals surface area (Å²) in [6, 6.07) is 0.162. The Morgan fingerprint density at radius 1 is 1.43 bits per heavy atom. The first-order valence-corrected chi connectivity index (χ1v) is 7.96. The predicted molar refractivity (Wildman–Crippen MR) is 86.7 cm³/mol. The van der Waals surface area contributed by atoms with E-state index in [0.29, 0.717) is 5.15 Å². The molecule has 0 fully saturated rings. The van der Waals surface area contributed by atoms with Crippen LogP contribution in [0.3, 0.4) is 0 Å². The van der Waals surface area contributed by atoms with Gasteiger partial charge in [-0.05, 0) is 18.6 Å². The number of hydrogen-bond donors (Lipinski definition) is 2. The molecule has 122 valence electrons. The predicted octanol–water partition coefficient (Wildman–Crippen LogP) is 0.907. The number of likely N-dealkylation sites (N-methyl/N-ethyl adjacent to an activating group) is 1. The van der Waals surface area contributed by atoms with Crippen molar-refractivity contribution in [2.45, 2.75) is 18.9 Å². The van der Waals surface area contributed by atoms with Crippen molar-refractivity contribution in [2.24, 2.45) is 7.05 Å². The van der Waals surface area contributed by atoms with E-state index in [0.717, 1.165) is 29.8 Å². The lowest BCUT2D eigenvalue weighted by atomic mass is 10.2. The molecule has 7 nitrogen and oxygen atoms in total. The van der Waals surface area contributed by atoms with Gasteiger partial charge in [-0.15, -0.1) is 4.68 Å². The van der Waals surface area contributed by atoms with E-state index in [9.17, 15) is 4.79 Å². The van der Waals surface area contributed by atoms with Crippen molar-refractivity contribution in [1.29, 1.82) is 0 Å². The van der Waals surface area contributed by atoms with Gasteiger partial charge < -0.3 is 10.6 Å². The molecular formula is C14H17Cl2N6O+. The number of carbonyl (C=O) groups is 1. The smallest absolute Gasteiger partial charge is 0.238 e. The zero-order valence-corrected chi connectivity index (χ0v) is 14.3. The molecule has 0 bridgehead atoms. The normalized spacial score (nSPS) is 16.4. The van der Waals surface area contributed by atoms with Gasteiger partial charge >= 0.3 is 0 Å². The largest absolute Gasteiger partial charge is 0.319 e. The molecule has 1 aliphatic carbocycles. The second kappa shape index (κ2) is 6.43. The quantitative estimate of drug-likeness (QED) is 0.485. The highest BCUT2D eigenvalue weighted by Gasteiger charge is 2.31. The van der Waals surface area contributed by atoms with E-state index in [-0.39, 0.29) is 23.8 Å². The number of aromatic nitrogens is 4. The van der Waals surface area contributed by atoms with Gasteiger partial charge in [0.25, 0.3) is 0 Å². The number of rotatable bonds is 4. The number of amides is 1. The van der Waals surface area contributed by atoms with Crippen LogP contribution in [0.15, 0.2) is 12.4 Å². The standard InChI is InChI=1S/C14H16Cl2N6O/c1-17-5-12(23)18-8-6-21(2)22(7-8)9-3-10-11(4-9)19-14(16)20-13(10)15/h6-7,9,17H,3-5H2,1-2H3/p+1. The van der Waals surface area contributed by atoms with Gasteiger partial charge in [-0.3, -0.25) is 4.79 Å². The van der Waals surface area contributed by atoms with Crippen molar-refractivity contribution in [3.63, 3.8) is 0 Å². The Morgan fingerprint density at radius 3 is 2.96 bits per heavy atom. The van der Waals surface area contributed by atoms with Crippen molar-refractivity contribution < 1.29 is 9.48 Å². The summed E-state index contributed by atoms with van der Waals surface area (Å²) in [5.74, 6) is -0.0827. The van der Waals surface area contributed by atoms with E-state index in [4.69, 9.17) is 23.2 Å². The van der Waals surface area contributed by atoms with Crippen molar-refractivity contribution >= 4 is 34.8 Å². The number of fused-ring (bicyclic) bond motifs is 1. The van der Waals surface area contributed by atoms with Crippen LogP contribution < -0.4 is 15.3 Å². The van der Waals surface area contributed by atoms with Crippen LogP contribution in [0.2, 0.25) is 10.4 Å². The number of aryl methyl sites for hydroxylation is 1. The molecule has 2 heterocycles. The van der Waals surface area contributed by atoms with Gasteiger partial charge in [0, 0.05) is 18.4 Å². The first-order chi connectivity index (χ1) is 11.0. The van der Waals surface area contributed by atoms with Crippen molar-refractivity contribution in [2.75, 3.05) is 18.9 Å². The Bertz CT molecular complexity index is 760. The van der Waals surface area contributed by atoms with E-state index in [1.807, 2.05) is 24.1 Å². The van der Waals surface area contributed by atoms with Gasteiger partial charge in [-0.1, -0.05) is 11.6 Å². The maximum absolute atomic E-state index is 11.7. The first-order valence-electron chi connectivity index (χ1n) is 7.21. The maximum Gasteiger partial charge on any atom is 0.238 e. The Balaban J connectivity index is 1.80. The van der Waals surface area contributed by atoms with Crippen molar-refractivity contribution in [1.82, 2.24) is 20.0 Å². The highest BCUT2D eigenvalue weighted by atomic mass is 35.5. The molecule has 2 aromatic heterocycles. The number of anilines is 1. The van der Waals surface area contributed by atoms with E-state index >= 15 is 0 Å². The van der Waals surface area contributed by atoms with Crippen LogP contribution in [0.4, 0.5) is 5.69 Å². The van der Waals surface area contributed by atoms with E-state index in [1.165, 1.54) is 0 Å². The molecule has 1 aliphatic rings. The Kier molecular flexibility index (Phi) is 4.52. The minimum atomic E-state index is -0.0827. The first kappa shape index (κ1) is 16.2. The summed E-state index contributed by atoms with van der Waals surface area (Å²) in [5.41, 5.74) is 2.57. The van der Waals surface area contributed by atoms with Crippen LogP contribution in [0.1, 0.15) is 17.3 Å². The summed E-state index contributed by atoms with van der Waals surface area (Å²) in [7, 11) is 3.66. The number of carbonyl (C=O) groups excluding carboxylic acids is 1. The third-order valence-corrected chi connectivity index (χ3v) is 4.32. The molecule has 23 heavy (non-hydrogen) atoms. The Morgan fingerprint density at radius 2 is 2.22 bits per heavy atom. The van der Waals surface area contributed by atoms with Crippen LogP contribution in [0.25, 0.3) is 0 Å². The van der Waals surface area contributed by atoms with Gasteiger partial charge in [0.2, 0.25) is 17.4 Å². The molecule has 3 rings (SSSR count). The molecule has 2 N–H and O–H groups in total. The fourth-order valence-corrected chi connectivity index (χ4v) is 3.38. The van der Waals surface area contributed by atoms with Crippen LogP contribution in [-0.4, -0.2) is 34.1 Å². The maximum atomic E-state index is 11.7. The van der Waals surface area contributed by atoms with E-state index in [1.54, 1.807) is 7.05 Å². The minimum absolute atomic E-state index is 0.0827. The summed E-state index contributed by atoms with van der Waals surface area (Å²) in [5, 5.41) is 6.26. The zero-order chi connectivity index (χ0) is 16.6. The second-order valence-electron chi connectivity index (χ2n) is 5.52. The third-order valence-electron chi connectivity index (χ3n) is 3.84. The van der Waals surface area contributed by atoms with Crippen LogP contribution in [-0.2, 0) is 24.7 Å². The molecule has 0 aromatic carbocycles. The van der Waals surface area contributed by atoms with Gasteiger partial charge in [0.1, 0.15) is 10.8 Å². The van der Waals surface area contributed by atoms with E-state index < -0.39 is 0 Å². The molecule has 0 saturated heterocycles. The number of hydrogen-bond acceptors (Lipinski definition) is 4. The lowest BCUT2D eigenvalue weighted by molar-refractivity contribution is -0.755. The Labute approximate surface area is 143 Å². The van der Waals surface area contributed by atoms with Gasteiger partial charge in [0.05, 0.1) is 24.5 Å². The zero-order valence-electron chi connectivity index (χ0n) is 12.8. The van der Waals surface area contributed by atoms with Crippen LogP contribution in [0.5, 0.6) is 0 Å². The summed E-state index contributed by atoms with van der Waals surface area (Å²) < 4.78 is 4.00. The van der Waals surface area contributed by atoms with Crippen molar-refractivity contribution in [3.8, 4) is 0 Å². The van der Waals surface area contributed by atoms with Crippen LogP contribution >= 0.6 is 23.2 Å². The van der Waals surface area contributed by atoms with Crippen molar-refractivity contribution in [3.05, 3.63) is 34.1 Å². The lowest BCUT2D eigenvalue weighted by Gasteiger charge is -2.07. The Hall–Kier alpha value is -1.70. The number of nitrogens with one attached hydrogen (secondary N) is 2. The lowest BCUT2D eigenvalue weighted by Crippen LogP contribution is -2.40. The molecule has 2 aromatic rings. The monoisotopic (exact) mass is 355 g/mol. The SMILES string of the molecule is CNCC(=O)Nc1cn(C2Cc3nc(Cl)nc(Cl)c3C2)[n+](C)c1. The van der Waals surface area contributed by atoms with Gasteiger partial charge in [-0.2, -0.15) is 4.68 Å². The molecule has 0 aliphatic heterocycles. The molecule has 1 amide bonds. The topological polar surface area (TPSA) is 75.7 Å². The summed E-state index contributed by atoms with van der Waals surface area (Å²) in [4.78, 5) is 19.9. The summed E-state index contributed by atoms with van der Waals surface area (Å²) in [6.45, 7) is 0.271. The van der Waals surface area contributed by atoms with Gasteiger partial charge in [0.15, 0.2) is 7.05 Å². The van der Waals surface area contributed by atoms with Crippen LogP contribution in [0, 0.1) is 0 Å². The number of halogens is 2. The molecule has 0 saturated carbocycles. The average Bonchev–Trinajstić information content (AvgIpc) is 3.02. The average molecular weight is 356 g/mol. The summed E-state index contributed by atoms with van der Waals surface area (Å²) in [6.07, 6.45) is 5.24. The molecule has 0 spiro atoms. The fourth-order valence-electron chi connectivity index (χ4n) is 2.89. The highest BCUT2D eigenvalue weighted by Crippen LogP contribution is 2.33.